The predicted molar refractivity (Wildman–Crippen MR) is 66.8 cm³/mol. The molecular formula is C14H21NO. The van der Waals surface area contributed by atoms with Gasteiger partial charge in [0.2, 0.25) is 0 Å². The molecule has 1 aromatic carbocycles. The summed E-state index contributed by atoms with van der Waals surface area (Å²) in [7, 11) is 0. The molecule has 2 nitrogen and oxygen atoms in total. The zero-order valence-corrected chi connectivity index (χ0v) is 10.2. The predicted octanol–water partition coefficient (Wildman–Crippen LogP) is 3.37. The second-order valence-electron chi connectivity index (χ2n) is 4.67. The van der Waals surface area contributed by atoms with Crippen molar-refractivity contribution >= 4 is 0 Å². The van der Waals surface area contributed by atoms with E-state index in [2.05, 4.69) is 32.0 Å². The molecule has 0 radical (unpaired) electrons. The summed E-state index contributed by atoms with van der Waals surface area (Å²) in [4.78, 5) is 0. The quantitative estimate of drug-likeness (QED) is 0.827. The van der Waals surface area contributed by atoms with Crippen LogP contribution >= 0.6 is 0 Å². The van der Waals surface area contributed by atoms with E-state index in [1.165, 1.54) is 11.1 Å². The first-order valence-corrected chi connectivity index (χ1v) is 6.25. The molecule has 0 bridgehead atoms. The highest BCUT2D eigenvalue weighted by Gasteiger charge is 2.20. The van der Waals surface area contributed by atoms with Crippen LogP contribution in [0.5, 0.6) is 5.75 Å². The number of hydrogen-bond donors (Lipinski definition) is 1. The van der Waals surface area contributed by atoms with Gasteiger partial charge in [-0.05, 0) is 30.7 Å². The molecule has 1 heterocycles. The van der Waals surface area contributed by atoms with Crippen molar-refractivity contribution in [2.75, 3.05) is 6.61 Å². The van der Waals surface area contributed by atoms with Crippen molar-refractivity contribution in [1.29, 1.82) is 0 Å². The van der Waals surface area contributed by atoms with Gasteiger partial charge >= 0.3 is 0 Å². The number of nitrogens with two attached hydrogens (primary N) is 1. The molecule has 0 aromatic heterocycles. The molecule has 1 aliphatic heterocycles. The lowest BCUT2D eigenvalue weighted by Gasteiger charge is -2.18. The average molecular weight is 219 g/mol. The molecule has 88 valence electrons. The Hall–Kier alpha value is -1.02. The lowest BCUT2D eigenvalue weighted by molar-refractivity contribution is 0.311. The van der Waals surface area contributed by atoms with Crippen LogP contribution in [0.3, 0.4) is 0 Å². The Morgan fingerprint density at radius 2 is 2.31 bits per heavy atom. The number of fused-ring (bicyclic) bond motifs is 1. The van der Waals surface area contributed by atoms with E-state index < -0.39 is 0 Å². The van der Waals surface area contributed by atoms with Crippen LogP contribution in [0.4, 0.5) is 0 Å². The highest BCUT2D eigenvalue weighted by atomic mass is 16.5. The first-order chi connectivity index (χ1) is 7.74. The third kappa shape index (κ3) is 2.07. The van der Waals surface area contributed by atoms with E-state index in [1.54, 1.807) is 0 Å². The monoisotopic (exact) mass is 219 g/mol. The maximum absolute atomic E-state index is 6.18. The van der Waals surface area contributed by atoms with Crippen LogP contribution in [0.25, 0.3) is 0 Å². The van der Waals surface area contributed by atoms with Crippen LogP contribution in [0.2, 0.25) is 0 Å². The average Bonchev–Trinajstić information content (AvgIpc) is 2.50. The van der Waals surface area contributed by atoms with Crippen LogP contribution in [0, 0.1) is 0 Å². The van der Waals surface area contributed by atoms with E-state index in [-0.39, 0.29) is 6.04 Å². The molecule has 0 aliphatic carbocycles. The highest BCUT2D eigenvalue weighted by molar-refractivity contribution is 5.45. The summed E-state index contributed by atoms with van der Waals surface area (Å²) in [5.74, 6) is 1.60. The smallest absolute Gasteiger partial charge is 0.127 e. The van der Waals surface area contributed by atoms with Crippen molar-refractivity contribution in [1.82, 2.24) is 0 Å². The molecule has 0 fully saturated rings. The number of para-hydroxylation sites is 1. The Morgan fingerprint density at radius 1 is 1.50 bits per heavy atom. The molecular weight excluding hydrogens is 198 g/mol. The molecule has 2 rings (SSSR count). The molecule has 1 aromatic rings. The number of benzene rings is 1. The first kappa shape index (κ1) is 11.5. The van der Waals surface area contributed by atoms with Gasteiger partial charge in [0.05, 0.1) is 6.61 Å². The molecule has 1 aliphatic rings. The summed E-state index contributed by atoms with van der Waals surface area (Å²) >= 11 is 0. The van der Waals surface area contributed by atoms with E-state index in [1.807, 2.05) is 0 Å². The minimum atomic E-state index is 0.140. The highest BCUT2D eigenvalue weighted by Crippen LogP contribution is 2.37. The van der Waals surface area contributed by atoms with Gasteiger partial charge in [-0.25, -0.2) is 0 Å². The summed E-state index contributed by atoms with van der Waals surface area (Å²) in [6.07, 6.45) is 3.21. The minimum absolute atomic E-state index is 0.140. The summed E-state index contributed by atoms with van der Waals surface area (Å²) in [5, 5.41) is 0. The van der Waals surface area contributed by atoms with Gasteiger partial charge in [0.25, 0.3) is 0 Å². The van der Waals surface area contributed by atoms with Crippen molar-refractivity contribution in [2.24, 2.45) is 5.73 Å². The maximum atomic E-state index is 6.18. The number of rotatable bonds is 2. The van der Waals surface area contributed by atoms with Crippen molar-refractivity contribution < 1.29 is 4.74 Å². The molecule has 0 spiro atoms. The molecule has 0 amide bonds. The minimum Gasteiger partial charge on any atom is -0.493 e. The molecule has 1 unspecified atom stereocenters. The molecule has 0 saturated carbocycles. The summed E-state index contributed by atoms with van der Waals surface area (Å²) < 4.78 is 5.89. The summed E-state index contributed by atoms with van der Waals surface area (Å²) in [5.41, 5.74) is 8.68. The topological polar surface area (TPSA) is 35.2 Å². The third-order valence-corrected chi connectivity index (χ3v) is 3.52. The van der Waals surface area contributed by atoms with E-state index in [4.69, 9.17) is 10.5 Å². The standard InChI is InChI=1S/C14H21NO/c1-3-10(2)11-6-4-7-12-13(15)8-5-9-16-14(11)12/h4,6-7,10,13H,3,5,8-9,15H2,1-2H3/t10?,13-/m1/s1. The third-order valence-electron chi connectivity index (χ3n) is 3.52. The molecule has 2 atom stereocenters. The zero-order valence-electron chi connectivity index (χ0n) is 10.2. The first-order valence-electron chi connectivity index (χ1n) is 6.25. The Kier molecular flexibility index (Phi) is 3.49. The summed E-state index contributed by atoms with van der Waals surface area (Å²) in [6, 6.07) is 6.53. The summed E-state index contributed by atoms with van der Waals surface area (Å²) in [6.45, 7) is 5.25. The van der Waals surface area contributed by atoms with E-state index in [9.17, 15) is 0 Å². The Morgan fingerprint density at radius 3 is 3.06 bits per heavy atom. The van der Waals surface area contributed by atoms with Gasteiger partial charge in [0.15, 0.2) is 0 Å². The normalized spacial score (nSPS) is 21.8. The van der Waals surface area contributed by atoms with Gasteiger partial charge in [0, 0.05) is 11.6 Å². The SMILES string of the molecule is CCC(C)c1cccc2c1OCCC[C@H]2N. The van der Waals surface area contributed by atoms with Crippen LogP contribution in [-0.2, 0) is 0 Å². The zero-order chi connectivity index (χ0) is 11.5. The molecule has 16 heavy (non-hydrogen) atoms. The van der Waals surface area contributed by atoms with E-state index >= 15 is 0 Å². The largest absolute Gasteiger partial charge is 0.493 e. The Labute approximate surface area is 97.8 Å². The number of ether oxygens (including phenoxy) is 1. The van der Waals surface area contributed by atoms with Gasteiger partial charge in [-0.1, -0.05) is 32.0 Å². The van der Waals surface area contributed by atoms with Gasteiger partial charge in [-0.2, -0.15) is 0 Å². The van der Waals surface area contributed by atoms with Gasteiger partial charge in [0.1, 0.15) is 5.75 Å². The fourth-order valence-corrected chi connectivity index (χ4v) is 2.27. The number of hydrogen-bond acceptors (Lipinski definition) is 2. The fraction of sp³-hybridized carbons (Fsp3) is 0.571. The van der Waals surface area contributed by atoms with E-state index in [0.29, 0.717) is 5.92 Å². The van der Waals surface area contributed by atoms with Gasteiger partial charge in [-0.15, -0.1) is 0 Å². The molecule has 0 saturated heterocycles. The Bertz CT molecular complexity index is 362. The Balaban J connectivity index is 2.44. The van der Waals surface area contributed by atoms with Crippen LogP contribution in [0.15, 0.2) is 18.2 Å². The van der Waals surface area contributed by atoms with Gasteiger partial charge < -0.3 is 10.5 Å². The second-order valence-corrected chi connectivity index (χ2v) is 4.67. The lowest BCUT2D eigenvalue weighted by Crippen LogP contribution is -2.10. The van der Waals surface area contributed by atoms with Gasteiger partial charge in [-0.3, -0.25) is 0 Å². The second kappa shape index (κ2) is 4.88. The van der Waals surface area contributed by atoms with Crippen LogP contribution < -0.4 is 10.5 Å². The van der Waals surface area contributed by atoms with Crippen molar-refractivity contribution in [3.8, 4) is 5.75 Å². The maximum Gasteiger partial charge on any atom is 0.127 e. The van der Waals surface area contributed by atoms with Crippen LogP contribution in [-0.4, -0.2) is 6.61 Å². The lowest BCUT2D eigenvalue weighted by atomic mass is 9.93. The van der Waals surface area contributed by atoms with Crippen LogP contribution in [0.1, 0.15) is 56.2 Å². The van der Waals surface area contributed by atoms with Crippen molar-refractivity contribution in [3.63, 3.8) is 0 Å². The van der Waals surface area contributed by atoms with Crippen molar-refractivity contribution in [2.45, 2.75) is 45.1 Å². The molecule has 2 heteroatoms. The molecule has 2 N–H and O–H groups in total. The fourth-order valence-electron chi connectivity index (χ4n) is 2.27. The van der Waals surface area contributed by atoms with E-state index in [0.717, 1.165) is 31.6 Å². The van der Waals surface area contributed by atoms with Crippen molar-refractivity contribution in [3.05, 3.63) is 29.3 Å².